The summed E-state index contributed by atoms with van der Waals surface area (Å²) in [7, 11) is 1.88. The monoisotopic (exact) mass is 201 g/mol. The molecular formula is C12H15N3. The molecule has 78 valence electrons. The summed E-state index contributed by atoms with van der Waals surface area (Å²) in [5.74, 6) is 0.812. The maximum absolute atomic E-state index is 4.34. The van der Waals surface area contributed by atoms with E-state index in [1.165, 1.54) is 16.7 Å². The zero-order valence-corrected chi connectivity index (χ0v) is 9.57. The quantitative estimate of drug-likeness (QED) is 0.709. The molecule has 3 nitrogen and oxygen atoms in total. The minimum Gasteiger partial charge on any atom is -0.255 e. The summed E-state index contributed by atoms with van der Waals surface area (Å²) in [5.41, 5.74) is 4.91. The van der Waals surface area contributed by atoms with Gasteiger partial charge >= 0.3 is 0 Å². The van der Waals surface area contributed by atoms with Crippen molar-refractivity contribution in [2.75, 3.05) is 0 Å². The summed E-state index contributed by atoms with van der Waals surface area (Å²) in [4.78, 5) is 4.29. The average Bonchev–Trinajstić information content (AvgIpc) is 2.49. The van der Waals surface area contributed by atoms with Crippen LogP contribution >= 0.6 is 0 Å². The highest BCUT2D eigenvalue weighted by molar-refractivity contribution is 5.64. The first-order chi connectivity index (χ1) is 7.08. The average molecular weight is 201 g/mol. The van der Waals surface area contributed by atoms with Gasteiger partial charge in [0.1, 0.15) is 6.33 Å². The van der Waals surface area contributed by atoms with E-state index < -0.39 is 0 Å². The molecular weight excluding hydrogens is 186 g/mol. The van der Waals surface area contributed by atoms with E-state index in [2.05, 4.69) is 43.0 Å². The van der Waals surface area contributed by atoms with E-state index >= 15 is 0 Å². The van der Waals surface area contributed by atoms with Gasteiger partial charge in [0.05, 0.1) is 0 Å². The first-order valence-electron chi connectivity index (χ1n) is 5.02. The van der Waals surface area contributed by atoms with E-state index in [0.717, 1.165) is 11.4 Å². The summed E-state index contributed by atoms with van der Waals surface area (Å²) in [5, 5.41) is 4.34. The molecule has 1 heterocycles. The van der Waals surface area contributed by atoms with Crippen molar-refractivity contribution in [1.82, 2.24) is 14.8 Å². The van der Waals surface area contributed by atoms with Crippen LogP contribution in [0.2, 0.25) is 0 Å². The maximum Gasteiger partial charge on any atom is 0.181 e. The Morgan fingerprint density at radius 3 is 2.13 bits per heavy atom. The van der Waals surface area contributed by atoms with Crippen LogP contribution in [0.15, 0.2) is 18.5 Å². The van der Waals surface area contributed by atoms with Crippen molar-refractivity contribution in [3.63, 3.8) is 0 Å². The fraction of sp³-hybridized carbons (Fsp3) is 0.333. The van der Waals surface area contributed by atoms with Crippen LogP contribution < -0.4 is 0 Å². The molecule has 0 saturated heterocycles. The molecule has 2 aromatic rings. The number of nitrogens with zero attached hydrogens (tertiary/aromatic N) is 3. The predicted octanol–water partition coefficient (Wildman–Crippen LogP) is 2.41. The molecule has 0 aliphatic rings. The minimum absolute atomic E-state index is 0.812. The van der Waals surface area contributed by atoms with Crippen LogP contribution in [0.3, 0.4) is 0 Å². The van der Waals surface area contributed by atoms with Crippen LogP contribution in [0, 0.1) is 20.8 Å². The minimum atomic E-state index is 0.812. The second kappa shape index (κ2) is 3.50. The Morgan fingerprint density at radius 2 is 1.67 bits per heavy atom. The van der Waals surface area contributed by atoms with Gasteiger partial charge in [0.2, 0.25) is 0 Å². The standard InChI is InChI=1S/C12H15N3/c1-8-5-9(2)11(10(3)6-8)12-13-7-15(4)14-12/h5-7H,1-4H3. The molecule has 0 N–H and O–H groups in total. The zero-order chi connectivity index (χ0) is 11.0. The first kappa shape index (κ1) is 9.90. The van der Waals surface area contributed by atoms with Gasteiger partial charge in [0.15, 0.2) is 5.82 Å². The van der Waals surface area contributed by atoms with E-state index in [9.17, 15) is 0 Å². The Bertz CT molecular complexity index is 474. The topological polar surface area (TPSA) is 30.7 Å². The SMILES string of the molecule is Cc1cc(C)c(-c2ncn(C)n2)c(C)c1. The molecule has 0 aliphatic heterocycles. The van der Waals surface area contributed by atoms with Crippen LogP contribution in [0.1, 0.15) is 16.7 Å². The second-order valence-electron chi connectivity index (χ2n) is 4.02. The van der Waals surface area contributed by atoms with Crippen molar-refractivity contribution in [2.24, 2.45) is 7.05 Å². The molecule has 0 bridgehead atoms. The number of aromatic nitrogens is 3. The molecule has 0 saturated carbocycles. The van der Waals surface area contributed by atoms with Crippen molar-refractivity contribution < 1.29 is 0 Å². The number of hydrogen-bond acceptors (Lipinski definition) is 2. The number of hydrogen-bond donors (Lipinski definition) is 0. The van der Waals surface area contributed by atoms with Gasteiger partial charge in [0.25, 0.3) is 0 Å². The van der Waals surface area contributed by atoms with Crippen LogP contribution in [0.5, 0.6) is 0 Å². The molecule has 0 amide bonds. The van der Waals surface area contributed by atoms with Crippen molar-refractivity contribution in [3.05, 3.63) is 35.2 Å². The van der Waals surface area contributed by atoms with Gasteiger partial charge in [0, 0.05) is 12.6 Å². The Balaban J connectivity index is 2.62. The fourth-order valence-electron chi connectivity index (χ4n) is 1.99. The summed E-state index contributed by atoms with van der Waals surface area (Å²) in [6.07, 6.45) is 1.73. The van der Waals surface area contributed by atoms with E-state index in [1.54, 1.807) is 11.0 Å². The van der Waals surface area contributed by atoms with Crippen LogP contribution in [0.25, 0.3) is 11.4 Å². The van der Waals surface area contributed by atoms with Gasteiger partial charge in [-0.3, -0.25) is 4.68 Å². The maximum atomic E-state index is 4.34. The van der Waals surface area contributed by atoms with Crippen LogP contribution in [-0.2, 0) is 7.05 Å². The Kier molecular flexibility index (Phi) is 2.31. The molecule has 0 spiro atoms. The van der Waals surface area contributed by atoms with Crippen LogP contribution in [0.4, 0.5) is 0 Å². The number of benzene rings is 1. The zero-order valence-electron chi connectivity index (χ0n) is 9.57. The summed E-state index contributed by atoms with van der Waals surface area (Å²) < 4.78 is 1.73. The van der Waals surface area contributed by atoms with Crippen LogP contribution in [-0.4, -0.2) is 14.8 Å². The molecule has 0 fully saturated rings. The highest BCUT2D eigenvalue weighted by Gasteiger charge is 2.09. The lowest BCUT2D eigenvalue weighted by Gasteiger charge is -2.07. The summed E-state index contributed by atoms with van der Waals surface area (Å²) in [6, 6.07) is 4.33. The van der Waals surface area contributed by atoms with Crippen molar-refractivity contribution in [3.8, 4) is 11.4 Å². The molecule has 0 radical (unpaired) electrons. The highest BCUT2D eigenvalue weighted by Crippen LogP contribution is 2.24. The Morgan fingerprint density at radius 1 is 1.07 bits per heavy atom. The predicted molar refractivity (Wildman–Crippen MR) is 60.7 cm³/mol. The smallest absolute Gasteiger partial charge is 0.181 e. The normalized spacial score (nSPS) is 10.7. The fourth-order valence-corrected chi connectivity index (χ4v) is 1.99. The van der Waals surface area contributed by atoms with Gasteiger partial charge < -0.3 is 0 Å². The first-order valence-corrected chi connectivity index (χ1v) is 5.02. The van der Waals surface area contributed by atoms with Gasteiger partial charge in [-0.2, -0.15) is 5.10 Å². The van der Waals surface area contributed by atoms with Gasteiger partial charge in [-0.25, -0.2) is 4.98 Å². The van der Waals surface area contributed by atoms with E-state index in [-0.39, 0.29) is 0 Å². The number of rotatable bonds is 1. The third-order valence-corrected chi connectivity index (χ3v) is 2.50. The molecule has 0 unspecified atom stereocenters. The number of aryl methyl sites for hydroxylation is 4. The van der Waals surface area contributed by atoms with Gasteiger partial charge in [-0.1, -0.05) is 17.7 Å². The van der Waals surface area contributed by atoms with E-state index in [4.69, 9.17) is 0 Å². The third-order valence-electron chi connectivity index (χ3n) is 2.50. The molecule has 0 aliphatic carbocycles. The van der Waals surface area contributed by atoms with Gasteiger partial charge in [-0.15, -0.1) is 0 Å². The summed E-state index contributed by atoms with van der Waals surface area (Å²) >= 11 is 0. The van der Waals surface area contributed by atoms with E-state index in [0.29, 0.717) is 0 Å². The Hall–Kier alpha value is -1.64. The molecule has 15 heavy (non-hydrogen) atoms. The van der Waals surface area contributed by atoms with Crippen molar-refractivity contribution in [1.29, 1.82) is 0 Å². The molecule has 0 atom stereocenters. The third kappa shape index (κ3) is 1.77. The molecule has 1 aromatic heterocycles. The molecule has 2 rings (SSSR count). The Labute approximate surface area is 89.8 Å². The lowest BCUT2D eigenvalue weighted by molar-refractivity contribution is 0.768. The lowest BCUT2D eigenvalue weighted by Crippen LogP contribution is -1.93. The molecule has 3 heteroatoms. The van der Waals surface area contributed by atoms with Gasteiger partial charge in [-0.05, 0) is 31.9 Å². The molecule has 1 aromatic carbocycles. The van der Waals surface area contributed by atoms with E-state index in [1.807, 2.05) is 7.05 Å². The lowest BCUT2D eigenvalue weighted by atomic mass is 9.99. The largest absolute Gasteiger partial charge is 0.255 e. The summed E-state index contributed by atoms with van der Waals surface area (Å²) in [6.45, 7) is 6.31. The highest BCUT2D eigenvalue weighted by atomic mass is 15.3. The second-order valence-corrected chi connectivity index (χ2v) is 4.02. The van der Waals surface area contributed by atoms with Crippen molar-refractivity contribution in [2.45, 2.75) is 20.8 Å². The van der Waals surface area contributed by atoms with Crippen molar-refractivity contribution >= 4 is 0 Å².